The average molecular weight is 253 g/mol. The summed E-state index contributed by atoms with van der Waals surface area (Å²) in [6.07, 6.45) is 4.03. The van der Waals surface area contributed by atoms with Crippen LogP contribution in [0, 0.1) is 0 Å². The maximum absolute atomic E-state index is 12.2. The molecule has 1 atom stereocenters. The Kier molecular flexibility index (Phi) is 4.33. The highest BCUT2D eigenvalue weighted by molar-refractivity contribution is 5.36. The van der Waals surface area contributed by atoms with Gasteiger partial charge in [-0.2, -0.15) is 0 Å². The molecule has 1 fully saturated rings. The predicted molar refractivity (Wildman–Crippen MR) is 67.8 cm³/mol. The fraction of sp³-hybridized carbons (Fsp3) is 0.667. The molecule has 1 aromatic heterocycles. The fourth-order valence-corrected chi connectivity index (χ4v) is 2.09. The third kappa shape index (κ3) is 2.70. The summed E-state index contributed by atoms with van der Waals surface area (Å²) in [5, 5.41) is 9.11. The van der Waals surface area contributed by atoms with E-state index in [4.69, 9.17) is 9.84 Å². The zero-order chi connectivity index (χ0) is 13.0. The maximum Gasteiger partial charge on any atom is 0.293 e. The number of hydrogen-bond acceptors (Lipinski definition) is 5. The molecule has 1 aromatic rings. The van der Waals surface area contributed by atoms with Crippen LogP contribution in [0.25, 0.3) is 0 Å². The van der Waals surface area contributed by atoms with Crippen LogP contribution in [0.5, 0.6) is 0 Å². The highest BCUT2D eigenvalue weighted by Crippen LogP contribution is 2.10. The molecule has 1 aliphatic rings. The van der Waals surface area contributed by atoms with Crippen molar-refractivity contribution in [1.29, 1.82) is 0 Å². The molecule has 1 aliphatic heterocycles. The number of rotatable bonds is 4. The molecule has 18 heavy (non-hydrogen) atoms. The molecule has 0 spiro atoms. The molecule has 2 heterocycles. The lowest BCUT2D eigenvalue weighted by molar-refractivity contribution is 0.00326. The van der Waals surface area contributed by atoms with E-state index in [9.17, 15) is 4.79 Å². The number of nitrogens with zero attached hydrogens (tertiary/aromatic N) is 3. The van der Waals surface area contributed by atoms with Crippen molar-refractivity contribution in [3.8, 4) is 0 Å². The van der Waals surface area contributed by atoms with Crippen molar-refractivity contribution in [3.63, 3.8) is 0 Å². The highest BCUT2D eigenvalue weighted by atomic mass is 16.5. The van der Waals surface area contributed by atoms with Gasteiger partial charge in [0.05, 0.1) is 19.3 Å². The number of aliphatic hydroxyl groups is 1. The van der Waals surface area contributed by atoms with Crippen molar-refractivity contribution in [1.82, 2.24) is 9.55 Å². The molecule has 0 saturated carbocycles. The van der Waals surface area contributed by atoms with Crippen LogP contribution in [0.1, 0.15) is 13.3 Å². The Morgan fingerprint density at radius 2 is 2.44 bits per heavy atom. The maximum atomic E-state index is 12.2. The van der Waals surface area contributed by atoms with Gasteiger partial charge in [0.25, 0.3) is 5.56 Å². The number of aryl methyl sites for hydroxylation is 1. The average Bonchev–Trinajstić information content (AvgIpc) is 2.41. The van der Waals surface area contributed by atoms with Crippen LogP contribution in [0.15, 0.2) is 17.2 Å². The van der Waals surface area contributed by atoms with Gasteiger partial charge in [0.15, 0.2) is 5.82 Å². The van der Waals surface area contributed by atoms with Crippen LogP contribution in [0.3, 0.4) is 0 Å². The zero-order valence-corrected chi connectivity index (χ0v) is 10.6. The van der Waals surface area contributed by atoms with E-state index >= 15 is 0 Å². The first kappa shape index (κ1) is 13.0. The largest absolute Gasteiger partial charge is 0.394 e. The summed E-state index contributed by atoms with van der Waals surface area (Å²) in [5.41, 5.74) is -0.0714. The van der Waals surface area contributed by atoms with E-state index in [1.165, 1.54) is 0 Å². The van der Waals surface area contributed by atoms with Gasteiger partial charge in [-0.3, -0.25) is 4.79 Å². The van der Waals surface area contributed by atoms with Crippen LogP contribution >= 0.6 is 0 Å². The van der Waals surface area contributed by atoms with Gasteiger partial charge in [0.2, 0.25) is 0 Å². The molecular formula is C12H19N3O3. The molecule has 1 saturated heterocycles. The Hall–Kier alpha value is -1.40. The quantitative estimate of drug-likeness (QED) is 0.808. The molecular weight excluding hydrogens is 234 g/mol. The summed E-state index contributed by atoms with van der Waals surface area (Å²) >= 11 is 0. The Morgan fingerprint density at radius 1 is 1.61 bits per heavy atom. The van der Waals surface area contributed by atoms with Crippen molar-refractivity contribution in [3.05, 3.63) is 22.7 Å². The van der Waals surface area contributed by atoms with Crippen LogP contribution in [0.2, 0.25) is 0 Å². The number of morpholine rings is 1. The van der Waals surface area contributed by atoms with Crippen LogP contribution in [-0.2, 0) is 11.3 Å². The van der Waals surface area contributed by atoms with E-state index < -0.39 is 0 Å². The van der Waals surface area contributed by atoms with E-state index in [0.717, 1.165) is 6.42 Å². The second-order valence-corrected chi connectivity index (χ2v) is 4.37. The van der Waals surface area contributed by atoms with Crippen LogP contribution in [0.4, 0.5) is 5.82 Å². The molecule has 1 unspecified atom stereocenters. The molecule has 0 aliphatic carbocycles. The van der Waals surface area contributed by atoms with E-state index in [2.05, 4.69) is 4.98 Å². The molecule has 1 N–H and O–H groups in total. The third-order valence-corrected chi connectivity index (χ3v) is 3.00. The number of hydrogen-bond donors (Lipinski definition) is 1. The van der Waals surface area contributed by atoms with Crippen molar-refractivity contribution < 1.29 is 9.84 Å². The Bertz CT molecular complexity index is 446. The van der Waals surface area contributed by atoms with E-state index in [-0.39, 0.29) is 18.3 Å². The summed E-state index contributed by atoms with van der Waals surface area (Å²) in [6, 6.07) is 0. The Labute approximate surface area is 106 Å². The van der Waals surface area contributed by atoms with Gasteiger partial charge in [0.1, 0.15) is 0 Å². The number of aliphatic hydroxyl groups excluding tert-OH is 1. The summed E-state index contributed by atoms with van der Waals surface area (Å²) in [5.74, 6) is 0.452. The second kappa shape index (κ2) is 5.97. The second-order valence-electron chi connectivity index (χ2n) is 4.37. The van der Waals surface area contributed by atoms with Gasteiger partial charge in [-0.25, -0.2) is 4.98 Å². The zero-order valence-electron chi connectivity index (χ0n) is 10.6. The van der Waals surface area contributed by atoms with Crippen molar-refractivity contribution in [2.75, 3.05) is 31.2 Å². The first-order chi connectivity index (χ1) is 8.76. The summed E-state index contributed by atoms with van der Waals surface area (Å²) in [7, 11) is 0. The highest BCUT2D eigenvalue weighted by Gasteiger charge is 2.23. The summed E-state index contributed by atoms with van der Waals surface area (Å²) in [4.78, 5) is 18.3. The number of aromatic nitrogens is 2. The molecule has 0 aromatic carbocycles. The van der Waals surface area contributed by atoms with Crippen molar-refractivity contribution >= 4 is 5.82 Å². The normalized spacial score (nSPS) is 20.1. The topological polar surface area (TPSA) is 67.6 Å². The summed E-state index contributed by atoms with van der Waals surface area (Å²) < 4.78 is 7.04. The van der Waals surface area contributed by atoms with Gasteiger partial charge >= 0.3 is 0 Å². The SMILES string of the molecule is CCCn1ccnc(N2CCOC(CO)C2)c1=O. The lowest BCUT2D eigenvalue weighted by Crippen LogP contribution is -2.47. The molecule has 0 amide bonds. The Morgan fingerprint density at radius 3 is 3.17 bits per heavy atom. The van der Waals surface area contributed by atoms with Crippen molar-refractivity contribution in [2.24, 2.45) is 0 Å². The molecule has 6 nitrogen and oxygen atoms in total. The molecule has 0 radical (unpaired) electrons. The molecule has 6 heteroatoms. The summed E-state index contributed by atoms with van der Waals surface area (Å²) in [6.45, 7) is 4.34. The van der Waals surface area contributed by atoms with Gasteiger partial charge in [0, 0.05) is 32.0 Å². The number of ether oxygens (including phenoxy) is 1. The monoisotopic (exact) mass is 253 g/mol. The lowest BCUT2D eigenvalue weighted by Gasteiger charge is -2.32. The Balaban J connectivity index is 2.22. The minimum absolute atomic E-state index is 0.0352. The van der Waals surface area contributed by atoms with E-state index in [1.807, 2.05) is 11.8 Å². The van der Waals surface area contributed by atoms with Gasteiger partial charge < -0.3 is 19.3 Å². The van der Waals surface area contributed by atoms with Gasteiger partial charge in [-0.05, 0) is 6.42 Å². The van der Waals surface area contributed by atoms with Gasteiger partial charge in [-0.1, -0.05) is 6.92 Å². The van der Waals surface area contributed by atoms with Crippen LogP contribution in [-0.4, -0.2) is 47.1 Å². The molecule has 2 rings (SSSR count). The first-order valence-electron chi connectivity index (χ1n) is 6.29. The van der Waals surface area contributed by atoms with Gasteiger partial charge in [-0.15, -0.1) is 0 Å². The van der Waals surface area contributed by atoms with Crippen LogP contribution < -0.4 is 10.5 Å². The third-order valence-electron chi connectivity index (χ3n) is 3.00. The van der Waals surface area contributed by atoms with E-state index in [1.54, 1.807) is 17.0 Å². The first-order valence-corrected chi connectivity index (χ1v) is 6.29. The van der Waals surface area contributed by atoms with Crippen molar-refractivity contribution in [2.45, 2.75) is 26.0 Å². The smallest absolute Gasteiger partial charge is 0.293 e. The minimum Gasteiger partial charge on any atom is -0.394 e. The predicted octanol–water partition coefficient (Wildman–Crippen LogP) is -0.149. The lowest BCUT2D eigenvalue weighted by atomic mass is 10.3. The fourth-order valence-electron chi connectivity index (χ4n) is 2.09. The number of anilines is 1. The minimum atomic E-state index is -0.236. The van der Waals surface area contributed by atoms with E-state index in [0.29, 0.717) is 32.1 Å². The molecule has 100 valence electrons. The standard InChI is InChI=1S/C12H19N3O3/c1-2-4-14-5-3-13-11(12(14)17)15-6-7-18-10(8-15)9-16/h3,5,10,16H,2,4,6-9H2,1H3. The molecule has 0 bridgehead atoms.